The van der Waals surface area contributed by atoms with Gasteiger partial charge >= 0.3 is 11.9 Å². The minimum Gasteiger partial charge on any atom is -0.493 e. The number of hydrogen-bond donors (Lipinski definition) is 2. The van der Waals surface area contributed by atoms with Crippen molar-refractivity contribution in [1.29, 1.82) is 0 Å². The minimum atomic E-state index is -3.52. The van der Waals surface area contributed by atoms with Gasteiger partial charge in [0, 0.05) is 13.1 Å². The van der Waals surface area contributed by atoms with Gasteiger partial charge in [-0.15, -0.1) is 11.3 Å². The molecular weight excluding hydrogens is 598 g/mol. The number of carbonyl (C=O) groups is 2. The van der Waals surface area contributed by atoms with Crippen molar-refractivity contribution in [3.8, 4) is 21.9 Å². The number of rotatable bonds is 10. The number of aryl methyl sites for hydroxylation is 1. The van der Waals surface area contributed by atoms with Crippen LogP contribution >= 0.6 is 27.3 Å². The predicted molar refractivity (Wildman–Crippen MR) is 146 cm³/mol. The summed E-state index contributed by atoms with van der Waals surface area (Å²) in [5.74, 6) is -1.69. The van der Waals surface area contributed by atoms with E-state index >= 15 is 0 Å². The Morgan fingerprint density at radius 3 is 2.39 bits per heavy atom. The lowest BCUT2D eigenvalue weighted by Crippen LogP contribution is -2.39. The van der Waals surface area contributed by atoms with E-state index in [0.717, 1.165) is 16.9 Å². The van der Waals surface area contributed by atoms with E-state index in [2.05, 4.69) is 15.9 Å². The largest absolute Gasteiger partial charge is 0.493 e. The fourth-order valence-corrected chi connectivity index (χ4v) is 7.46. The summed E-state index contributed by atoms with van der Waals surface area (Å²) >= 11 is 4.33. The van der Waals surface area contributed by atoms with Gasteiger partial charge in [-0.3, -0.25) is 0 Å². The molecule has 0 atom stereocenters. The quantitative estimate of drug-likeness (QED) is 0.318. The highest BCUT2D eigenvalue weighted by atomic mass is 79.9. The van der Waals surface area contributed by atoms with E-state index in [1.54, 1.807) is 48.5 Å². The van der Waals surface area contributed by atoms with Crippen LogP contribution in [-0.4, -0.2) is 61.2 Å². The molecule has 38 heavy (non-hydrogen) atoms. The Bertz CT molecular complexity index is 1430. The monoisotopic (exact) mass is 623 g/mol. The lowest BCUT2D eigenvalue weighted by molar-refractivity contribution is -0.139. The minimum absolute atomic E-state index is 0.0291. The Morgan fingerprint density at radius 1 is 1.08 bits per heavy atom. The van der Waals surface area contributed by atoms with Gasteiger partial charge in [-0.25, -0.2) is 18.0 Å². The van der Waals surface area contributed by atoms with Crippen molar-refractivity contribution in [3.63, 3.8) is 0 Å². The van der Waals surface area contributed by atoms with E-state index < -0.39 is 28.6 Å². The van der Waals surface area contributed by atoms with Gasteiger partial charge in [0.25, 0.3) is 0 Å². The molecule has 4 rings (SSSR count). The number of aromatic carboxylic acids is 1. The molecule has 0 aliphatic carbocycles. The highest BCUT2D eigenvalue weighted by Crippen LogP contribution is 2.46. The van der Waals surface area contributed by atoms with E-state index in [9.17, 15) is 23.1 Å². The van der Waals surface area contributed by atoms with E-state index in [0.29, 0.717) is 58.1 Å². The highest BCUT2D eigenvalue weighted by Gasteiger charge is 2.30. The Morgan fingerprint density at radius 2 is 1.76 bits per heavy atom. The first-order valence-electron chi connectivity index (χ1n) is 11.8. The molecule has 0 amide bonds. The maximum atomic E-state index is 12.9. The number of benzene rings is 2. The van der Waals surface area contributed by atoms with Crippen molar-refractivity contribution >= 4 is 49.2 Å². The number of ether oxygens (including phenoxy) is 2. The van der Waals surface area contributed by atoms with Crippen molar-refractivity contribution in [2.24, 2.45) is 5.92 Å². The number of carboxylic acid groups (broad SMARTS) is 2. The molecule has 0 unspecified atom stereocenters. The van der Waals surface area contributed by atoms with Crippen molar-refractivity contribution in [2.45, 2.75) is 24.7 Å². The zero-order valence-electron chi connectivity index (χ0n) is 20.4. The van der Waals surface area contributed by atoms with E-state index in [4.69, 9.17) is 14.6 Å². The zero-order valence-corrected chi connectivity index (χ0v) is 23.6. The Kier molecular flexibility index (Phi) is 8.76. The maximum absolute atomic E-state index is 12.9. The van der Waals surface area contributed by atoms with Gasteiger partial charge in [0.05, 0.1) is 20.9 Å². The van der Waals surface area contributed by atoms with Crippen LogP contribution in [0.25, 0.3) is 10.4 Å². The van der Waals surface area contributed by atoms with Crippen LogP contribution in [0.5, 0.6) is 11.5 Å². The average molecular weight is 625 g/mol. The van der Waals surface area contributed by atoms with Gasteiger partial charge in [0.15, 0.2) is 17.2 Å². The molecule has 1 saturated heterocycles. The third-order valence-electron chi connectivity index (χ3n) is 6.16. The summed E-state index contributed by atoms with van der Waals surface area (Å²) in [5, 5.41) is 18.4. The van der Waals surface area contributed by atoms with Crippen LogP contribution in [0.1, 0.15) is 28.1 Å². The summed E-state index contributed by atoms with van der Waals surface area (Å²) in [6.07, 6.45) is 1.35. The Hall–Kier alpha value is -2.93. The Labute approximate surface area is 232 Å². The second-order valence-electron chi connectivity index (χ2n) is 8.89. The number of sulfonamides is 1. The third-order valence-corrected chi connectivity index (χ3v) is 10.3. The number of thiophene rings is 1. The summed E-state index contributed by atoms with van der Waals surface area (Å²) in [6, 6.07) is 14.0. The summed E-state index contributed by atoms with van der Waals surface area (Å²) < 4.78 is 39.0. The fourth-order valence-electron chi connectivity index (χ4n) is 4.10. The molecule has 2 aromatic carbocycles. The van der Waals surface area contributed by atoms with E-state index in [-0.39, 0.29) is 16.5 Å². The molecule has 0 bridgehead atoms. The first kappa shape index (κ1) is 28.1. The van der Waals surface area contributed by atoms with Gasteiger partial charge in [-0.05, 0) is 71.4 Å². The molecule has 1 fully saturated rings. The van der Waals surface area contributed by atoms with Crippen LogP contribution < -0.4 is 9.47 Å². The standard InChI is InChI=1S/C26H26BrNO8S2/c1-16-5-7-20(8-6-16)38(33,34)28-11-9-17(10-12-28)14-35-19-4-2-3-18(13-19)24-22(27)23(36-15-21(29)30)25(37-24)26(31)32/h2-8,13,17H,9-12,14-15H2,1H3,(H,29,30)(H,31,32). The van der Waals surface area contributed by atoms with Gasteiger partial charge in [0.1, 0.15) is 5.75 Å². The van der Waals surface area contributed by atoms with Crippen molar-refractivity contribution in [3.05, 3.63) is 63.4 Å². The van der Waals surface area contributed by atoms with Gasteiger partial charge < -0.3 is 19.7 Å². The predicted octanol–water partition coefficient (Wildman–Crippen LogP) is 5.13. The summed E-state index contributed by atoms with van der Waals surface area (Å²) in [7, 11) is -3.52. The second-order valence-corrected chi connectivity index (χ2v) is 12.6. The number of hydrogen-bond acceptors (Lipinski definition) is 7. The van der Waals surface area contributed by atoms with Gasteiger partial charge in [-0.1, -0.05) is 29.8 Å². The molecule has 1 aliphatic rings. The SMILES string of the molecule is Cc1ccc(S(=O)(=O)N2CCC(COc3cccc(-c4sc(C(=O)O)c(OCC(=O)O)c4Br)c3)CC2)cc1. The first-order valence-corrected chi connectivity index (χ1v) is 14.8. The summed E-state index contributed by atoms with van der Waals surface area (Å²) in [4.78, 5) is 23.4. The first-order chi connectivity index (χ1) is 18.1. The normalized spacial score (nSPS) is 14.8. The molecule has 2 heterocycles. The third kappa shape index (κ3) is 6.37. The Balaban J connectivity index is 1.40. The molecule has 12 heteroatoms. The molecule has 0 saturated carbocycles. The average Bonchev–Trinajstić information content (AvgIpc) is 3.23. The van der Waals surface area contributed by atoms with E-state index in [1.807, 2.05) is 6.92 Å². The molecule has 9 nitrogen and oxygen atoms in total. The van der Waals surface area contributed by atoms with Crippen molar-refractivity contribution in [2.75, 3.05) is 26.3 Å². The van der Waals surface area contributed by atoms with Crippen LogP contribution in [0.15, 0.2) is 57.9 Å². The topological polar surface area (TPSA) is 130 Å². The zero-order chi connectivity index (χ0) is 27.4. The van der Waals surface area contributed by atoms with Gasteiger partial charge in [-0.2, -0.15) is 4.31 Å². The van der Waals surface area contributed by atoms with Gasteiger partial charge in [0.2, 0.25) is 10.0 Å². The van der Waals surface area contributed by atoms with Crippen LogP contribution in [0.2, 0.25) is 0 Å². The highest BCUT2D eigenvalue weighted by molar-refractivity contribution is 9.10. The molecule has 202 valence electrons. The lowest BCUT2D eigenvalue weighted by Gasteiger charge is -2.31. The summed E-state index contributed by atoms with van der Waals surface area (Å²) in [6.45, 7) is 2.51. The molecule has 1 aromatic heterocycles. The fraction of sp³-hybridized carbons (Fsp3) is 0.308. The van der Waals surface area contributed by atoms with Crippen LogP contribution in [0.4, 0.5) is 0 Å². The van der Waals surface area contributed by atoms with Crippen LogP contribution in [-0.2, 0) is 14.8 Å². The number of halogens is 1. The van der Waals surface area contributed by atoms with Crippen molar-refractivity contribution < 1.29 is 37.7 Å². The number of nitrogens with zero attached hydrogens (tertiary/aromatic N) is 1. The lowest BCUT2D eigenvalue weighted by atomic mass is 9.99. The molecular formula is C26H26BrNO8S2. The number of carboxylic acids is 2. The summed E-state index contributed by atoms with van der Waals surface area (Å²) in [5.41, 5.74) is 1.69. The van der Waals surface area contributed by atoms with Crippen molar-refractivity contribution in [1.82, 2.24) is 4.31 Å². The molecule has 1 aliphatic heterocycles. The van der Waals surface area contributed by atoms with Crippen LogP contribution in [0, 0.1) is 12.8 Å². The smallest absolute Gasteiger partial charge is 0.349 e. The van der Waals surface area contributed by atoms with E-state index in [1.165, 1.54) is 4.31 Å². The number of piperidine rings is 1. The number of aliphatic carboxylic acids is 1. The molecule has 2 N–H and O–H groups in total. The molecule has 0 radical (unpaired) electrons. The maximum Gasteiger partial charge on any atom is 0.349 e. The molecule has 3 aromatic rings. The van der Waals surface area contributed by atoms with Crippen LogP contribution in [0.3, 0.4) is 0 Å². The second kappa shape index (κ2) is 11.9. The molecule has 0 spiro atoms.